The van der Waals surface area contributed by atoms with Gasteiger partial charge in [-0.15, -0.1) is 11.3 Å². The number of hydrogen-bond acceptors (Lipinski definition) is 3. The first-order valence-corrected chi connectivity index (χ1v) is 9.66. The summed E-state index contributed by atoms with van der Waals surface area (Å²) in [4.78, 5) is 20.4. The number of fused-ring (bicyclic) bond motifs is 1. The minimum atomic E-state index is 0.205. The van der Waals surface area contributed by atoms with Gasteiger partial charge in [-0.05, 0) is 56.5 Å². The number of piperidine rings is 1. The summed E-state index contributed by atoms with van der Waals surface area (Å²) in [5, 5.41) is 0. The van der Waals surface area contributed by atoms with E-state index in [0.29, 0.717) is 12.0 Å². The molecule has 4 heteroatoms. The summed E-state index contributed by atoms with van der Waals surface area (Å²) in [5.41, 5.74) is 0.823. The average Bonchev–Trinajstić information content (AvgIpc) is 3.21. The third-order valence-corrected chi connectivity index (χ3v) is 6.39. The zero-order valence-electron chi connectivity index (χ0n) is 14.1. The van der Waals surface area contributed by atoms with Gasteiger partial charge in [-0.25, -0.2) is 0 Å². The monoisotopic (exact) mass is 340 g/mol. The number of carbonyl (C=O) groups is 1. The van der Waals surface area contributed by atoms with E-state index in [1.54, 1.807) is 0 Å². The summed E-state index contributed by atoms with van der Waals surface area (Å²) in [7, 11) is 0. The lowest BCUT2D eigenvalue weighted by Crippen LogP contribution is -2.49. The molecule has 3 heterocycles. The standard InChI is InChI=1S/C20H24N2OS/c1-15-7-8-18(24-15)13-21-11-9-16-10-12-22(19(16)14-21)20(23)17-5-3-2-4-6-17/h2-8,16,19H,9-14H2,1H3. The Hall–Kier alpha value is -1.65. The number of thiophene rings is 1. The number of carbonyl (C=O) groups excluding carboxylic acids is 1. The molecule has 0 aliphatic carbocycles. The fourth-order valence-corrected chi connectivity index (χ4v) is 5.07. The van der Waals surface area contributed by atoms with Crippen LogP contribution in [0.4, 0.5) is 0 Å². The predicted octanol–water partition coefficient (Wildman–Crippen LogP) is 3.79. The molecule has 2 aliphatic heterocycles. The van der Waals surface area contributed by atoms with Gasteiger partial charge in [0.05, 0.1) is 0 Å². The van der Waals surface area contributed by atoms with Gasteiger partial charge in [0.1, 0.15) is 0 Å². The van der Waals surface area contributed by atoms with Crippen LogP contribution in [0.5, 0.6) is 0 Å². The van der Waals surface area contributed by atoms with E-state index in [2.05, 4.69) is 28.9 Å². The van der Waals surface area contributed by atoms with E-state index in [4.69, 9.17) is 0 Å². The van der Waals surface area contributed by atoms with Gasteiger partial charge in [0, 0.05) is 41.0 Å². The van der Waals surface area contributed by atoms with Crippen molar-refractivity contribution in [3.8, 4) is 0 Å². The molecule has 126 valence electrons. The number of amides is 1. The van der Waals surface area contributed by atoms with Crippen molar-refractivity contribution in [2.24, 2.45) is 5.92 Å². The normalized spacial score (nSPS) is 24.1. The summed E-state index contributed by atoms with van der Waals surface area (Å²) >= 11 is 1.89. The van der Waals surface area contributed by atoms with Crippen LogP contribution in [-0.4, -0.2) is 41.4 Å². The van der Waals surface area contributed by atoms with E-state index in [9.17, 15) is 4.79 Å². The average molecular weight is 340 g/mol. The van der Waals surface area contributed by atoms with Gasteiger partial charge in [-0.1, -0.05) is 18.2 Å². The SMILES string of the molecule is Cc1ccc(CN2CCC3CCN(C(=O)c4ccccc4)C3C2)s1. The number of hydrogen-bond donors (Lipinski definition) is 0. The predicted molar refractivity (Wildman–Crippen MR) is 98.3 cm³/mol. The van der Waals surface area contributed by atoms with Gasteiger partial charge >= 0.3 is 0 Å². The summed E-state index contributed by atoms with van der Waals surface area (Å²) in [5.74, 6) is 0.885. The molecule has 0 bridgehead atoms. The number of aryl methyl sites for hydroxylation is 1. The van der Waals surface area contributed by atoms with Crippen molar-refractivity contribution in [3.05, 3.63) is 57.8 Å². The Kier molecular flexibility index (Phi) is 4.42. The first-order chi connectivity index (χ1) is 11.7. The summed E-state index contributed by atoms with van der Waals surface area (Å²) < 4.78 is 0. The second-order valence-electron chi connectivity index (χ2n) is 7.02. The van der Waals surface area contributed by atoms with E-state index in [1.807, 2.05) is 41.7 Å². The zero-order valence-corrected chi connectivity index (χ0v) is 15.0. The van der Waals surface area contributed by atoms with E-state index < -0.39 is 0 Å². The lowest BCUT2D eigenvalue weighted by molar-refractivity contribution is 0.0592. The van der Waals surface area contributed by atoms with Gasteiger partial charge in [0.25, 0.3) is 5.91 Å². The molecule has 0 saturated carbocycles. The van der Waals surface area contributed by atoms with Crippen LogP contribution in [0.25, 0.3) is 0 Å². The molecule has 3 nitrogen and oxygen atoms in total. The Balaban J connectivity index is 1.46. The topological polar surface area (TPSA) is 23.6 Å². The van der Waals surface area contributed by atoms with Gasteiger partial charge in [-0.3, -0.25) is 9.69 Å². The van der Waals surface area contributed by atoms with E-state index >= 15 is 0 Å². The Morgan fingerprint density at radius 1 is 1.12 bits per heavy atom. The number of likely N-dealkylation sites (tertiary alicyclic amines) is 2. The molecule has 1 aromatic carbocycles. The summed E-state index contributed by atoms with van der Waals surface area (Å²) in [6.45, 7) is 6.27. The summed E-state index contributed by atoms with van der Waals surface area (Å²) in [6.07, 6.45) is 2.38. The maximum absolute atomic E-state index is 12.9. The Morgan fingerprint density at radius 3 is 2.67 bits per heavy atom. The van der Waals surface area contributed by atoms with Crippen molar-refractivity contribution in [2.45, 2.75) is 32.4 Å². The third-order valence-electron chi connectivity index (χ3n) is 5.40. The number of nitrogens with zero attached hydrogens (tertiary/aromatic N) is 2. The third kappa shape index (κ3) is 3.13. The minimum absolute atomic E-state index is 0.205. The van der Waals surface area contributed by atoms with Crippen LogP contribution >= 0.6 is 11.3 Å². The lowest BCUT2D eigenvalue weighted by Gasteiger charge is -2.38. The van der Waals surface area contributed by atoms with Gasteiger partial charge in [0.15, 0.2) is 0 Å². The van der Waals surface area contributed by atoms with Crippen molar-refractivity contribution >= 4 is 17.2 Å². The smallest absolute Gasteiger partial charge is 0.254 e. The highest BCUT2D eigenvalue weighted by molar-refractivity contribution is 7.11. The zero-order chi connectivity index (χ0) is 16.5. The van der Waals surface area contributed by atoms with Crippen LogP contribution in [0.3, 0.4) is 0 Å². The molecule has 1 amide bonds. The Morgan fingerprint density at radius 2 is 1.92 bits per heavy atom. The van der Waals surface area contributed by atoms with Crippen LogP contribution in [0.15, 0.2) is 42.5 Å². The van der Waals surface area contributed by atoms with Crippen molar-refractivity contribution < 1.29 is 4.79 Å². The lowest BCUT2D eigenvalue weighted by atomic mass is 9.92. The van der Waals surface area contributed by atoms with Gasteiger partial charge in [-0.2, -0.15) is 0 Å². The molecule has 2 atom stereocenters. The van der Waals surface area contributed by atoms with Gasteiger partial charge < -0.3 is 4.90 Å². The molecule has 24 heavy (non-hydrogen) atoms. The molecule has 0 N–H and O–H groups in total. The van der Waals surface area contributed by atoms with Crippen LogP contribution in [0.2, 0.25) is 0 Å². The second kappa shape index (κ2) is 6.69. The Bertz CT molecular complexity index is 711. The van der Waals surface area contributed by atoms with Crippen LogP contribution < -0.4 is 0 Å². The van der Waals surface area contributed by atoms with Crippen molar-refractivity contribution in [2.75, 3.05) is 19.6 Å². The minimum Gasteiger partial charge on any atom is -0.334 e. The highest BCUT2D eigenvalue weighted by Gasteiger charge is 2.40. The molecule has 4 rings (SSSR count). The molecular weight excluding hydrogens is 316 g/mol. The molecule has 2 unspecified atom stereocenters. The van der Waals surface area contributed by atoms with Crippen LogP contribution in [0.1, 0.15) is 33.0 Å². The molecule has 2 aliphatic rings. The van der Waals surface area contributed by atoms with Crippen molar-refractivity contribution in [1.82, 2.24) is 9.80 Å². The quantitative estimate of drug-likeness (QED) is 0.849. The van der Waals surface area contributed by atoms with Crippen molar-refractivity contribution in [3.63, 3.8) is 0 Å². The van der Waals surface area contributed by atoms with Gasteiger partial charge in [0.2, 0.25) is 0 Å². The van der Waals surface area contributed by atoms with Crippen molar-refractivity contribution in [1.29, 1.82) is 0 Å². The molecule has 2 saturated heterocycles. The second-order valence-corrected chi connectivity index (χ2v) is 8.39. The molecule has 0 radical (unpaired) electrons. The van der Waals surface area contributed by atoms with E-state index in [0.717, 1.165) is 38.2 Å². The largest absolute Gasteiger partial charge is 0.334 e. The highest BCUT2D eigenvalue weighted by atomic mass is 32.1. The molecule has 1 aromatic heterocycles. The molecular formula is C20H24N2OS. The maximum atomic E-state index is 12.9. The van der Waals surface area contributed by atoms with Crippen LogP contribution in [0, 0.1) is 12.8 Å². The van der Waals surface area contributed by atoms with E-state index in [1.165, 1.54) is 16.2 Å². The van der Waals surface area contributed by atoms with Crippen LogP contribution in [-0.2, 0) is 6.54 Å². The molecule has 0 spiro atoms. The highest BCUT2D eigenvalue weighted by Crippen LogP contribution is 2.33. The molecule has 2 fully saturated rings. The van der Waals surface area contributed by atoms with E-state index in [-0.39, 0.29) is 5.91 Å². The molecule has 2 aromatic rings. The first-order valence-electron chi connectivity index (χ1n) is 8.84. The number of rotatable bonds is 3. The fourth-order valence-electron chi connectivity index (χ4n) is 4.14. The maximum Gasteiger partial charge on any atom is 0.254 e. The first kappa shape index (κ1) is 15.9. The summed E-state index contributed by atoms with van der Waals surface area (Å²) in [6, 6.07) is 14.6. The fraction of sp³-hybridized carbons (Fsp3) is 0.450. The number of benzene rings is 1. The Labute approximate surface area is 147 Å².